The van der Waals surface area contributed by atoms with Crippen LogP contribution in [0, 0.1) is 5.92 Å². The molecule has 4 rings (SSSR count). The van der Waals surface area contributed by atoms with Gasteiger partial charge in [-0.3, -0.25) is 14.5 Å². The fourth-order valence-electron chi connectivity index (χ4n) is 4.01. The summed E-state index contributed by atoms with van der Waals surface area (Å²) in [6, 6.07) is 8.14. The normalized spacial score (nSPS) is 18.0. The first-order valence-electron chi connectivity index (χ1n) is 10.5. The summed E-state index contributed by atoms with van der Waals surface area (Å²) in [7, 11) is 0. The number of fused-ring (bicyclic) bond motifs is 1. The summed E-state index contributed by atoms with van der Waals surface area (Å²) in [5.41, 5.74) is 1.65. The van der Waals surface area contributed by atoms with E-state index in [1.807, 2.05) is 0 Å². The van der Waals surface area contributed by atoms with Gasteiger partial charge in [0.15, 0.2) is 5.76 Å². The summed E-state index contributed by atoms with van der Waals surface area (Å²) < 4.78 is 11.0. The van der Waals surface area contributed by atoms with E-state index in [0.717, 1.165) is 0 Å². The highest BCUT2D eigenvalue weighted by Gasteiger charge is 2.33. The molecule has 0 unspecified atom stereocenters. The second-order valence-electron chi connectivity index (χ2n) is 7.86. The molecule has 1 N–H and O–H groups in total. The number of ether oxygens (including phenoxy) is 2. The van der Waals surface area contributed by atoms with E-state index in [4.69, 9.17) is 32.7 Å². The summed E-state index contributed by atoms with van der Waals surface area (Å²) in [6.45, 7) is 3.97. The number of carbonyl (C=O) groups excluding carboxylic acids is 2. The Bertz CT molecular complexity index is 1090. The number of carbonyl (C=O) groups is 2. The highest BCUT2D eigenvalue weighted by atomic mass is 35.5. The van der Waals surface area contributed by atoms with Crippen molar-refractivity contribution in [2.75, 3.05) is 19.7 Å². The average molecular weight is 476 g/mol. The summed E-state index contributed by atoms with van der Waals surface area (Å²) in [5, 5.41) is 11.3. The van der Waals surface area contributed by atoms with Gasteiger partial charge in [0.1, 0.15) is 11.5 Å². The molecule has 2 aliphatic heterocycles. The zero-order chi connectivity index (χ0) is 22.8. The Balaban J connectivity index is 1.52. The van der Waals surface area contributed by atoms with Crippen LogP contribution in [-0.2, 0) is 16.1 Å². The number of piperidine rings is 1. The van der Waals surface area contributed by atoms with Crippen molar-refractivity contribution in [2.24, 2.45) is 5.92 Å². The standard InChI is InChI=1S/C24H23Cl2NO5/c1-2-31-24(30)15-7-9-27(10-8-15)13-17-20(28)6-4-16-22(29)21(32-23(16)17)12-14-3-5-18(25)19(26)11-14/h3-6,11-12,15,28H,2,7-10,13H2,1H3/b21-12+. The molecule has 0 aliphatic carbocycles. The monoisotopic (exact) mass is 475 g/mol. The van der Waals surface area contributed by atoms with Crippen LogP contribution < -0.4 is 4.74 Å². The number of Topliss-reactive ketones (excluding diaryl/α,β-unsaturated/α-hetero) is 1. The van der Waals surface area contributed by atoms with Crippen LogP contribution in [0.1, 0.15) is 41.3 Å². The van der Waals surface area contributed by atoms with Gasteiger partial charge in [0.25, 0.3) is 0 Å². The number of likely N-dealkylation sites (tertiary alicyclic amines) is 1. The predicted octanol–water partition coefficient (Wildman–Crippen LogP) is 5.09. The minimum absolute atomic E-state index is 0.0693. The maximum Gasteiger partial charge on any atom is 0.309 e. The molecule has 1 fully saturated rings. The maximum absolute atomic E-state index is 12.9. The lowest BCUT2D eigenvalue weighted by atomic mass is 9.96. The Hall–Kier alpha value is -2.54. The Labute approximate surface area is 196 Å². The molecule has 8 heteroatoms. The molecule has 0 bridgehead atoms. The molecule has 1 saturated heterocycles. The first-order chi connectivity index (χ1) is 15.4. The smallest absolute Gasteiger partial charge is 0.309 e. The maximum atomic E-state index is 12.9. The van der Waals surface area contributed by atoms with E-state index in [9.17, 15) is 14.7 Å². The van der Waals surface area contributed by atoms with E-state index < -0.39 is 0 Å². The molecule has 6 nitrogen and oxygen atoms in total. The lowest BCUT2D eigenvalue weighted by Gasteiger charge is -2.31. The number of benzene rings is 2. The number of hydrogen-bond acceptors (Lipinski definition) is 6. The van der Waals surface area contributed by atoms with Gasteiger partial charge in [-0.05, 0) is 68.8 Å². The summed E-state index contributed by atoms with van der Waals surface area (Å²) in [4.78, 5) is 27.0. The second kappa shape index (κ2) is 9.53. The Kier molecular flexibility index (Phi) is 6.74. The van der Waals surface area contributed by atoms with Crippen molar-refractivity contribution < 1.29 is 24.2 Å². The van der Waals surface area contributed by atoms with Crippen LogP contribution >= 0.6 is 23.2 Å². The topological polar surface area (TPSA) is 76.1 Å². The van der Waals surface area contributed by atoms with E-state index in [-0.39, 0.29) is 29.2 Å². The van der Waals surface area contributed by atoms with Crippen LogP contribution in [0.3, 0.4) is 0 Å². The molecule has 2 aromatic carbocycles. The van der Waals surface area contributed by atoms with Crippen LogP contribution in [-0.4, -0.2) is 41.5 Å². The van der Waals surface area contributed by atoms with Gasteiger partial charge >= 0.3 is 5.97 Å². The highest BCUT2D eigenvalue weighted by molar-refractivity contribution is 6.42. The summed E-state index contributed by atoms with van der Waals surface area (Å²) >= 11 is 12.0. The number of hydrogen-bond donors (Lipinski definition) is 1. The molecule has 168 valence electrons. The molecular weight excluding hydrogens is 453 g/mol. The fourth-order valence-corrected chi connectivity index (χ4v) is 4.32. The summed E-state index contributed by atoms with van der Waals surface area (Å²) in [6.07, 6.45) is 2.99. The number of aromatic hydroxyl groups is 1. The Morgan fingerprint density at radius 3 is 2.66 bits per heavy atom. The van der Waals surface area contributed by atoms with E-state index >= 15 is 0 Å². The first kappa shape index (κ1) is 22.6. The molecule has 2 heterocycles. The van der Waals surface area contributed by atoms with Crippen LogP contribution in [0.4, 0.5) is 0 Å². The zero-order valence-electron chi connectivity index (χ0n) is 17.6. The molecular formula is C24H23Cl2NO5. The minimum atomic E-state index is -0.256. The van der Waals surface area contributed by atoms with Gasteiger partial charge in [0.05, 0.1) is 33.7 Å². The number of phenolic OH excluding ortho intramolecular Hbond substituents is 1. The van der Waals surface area contributed by atoms with Gasteiger partial charge < -0.3 is 14.6 Å². The zero-order valence-corrected chi connectivity index (χ0v) is 19.1. The molecule has 0 saturated carbocycles. The van der Waals surface area contributed by atoms with Crippen molar-refractivity contribution in [3.63, 3.8) is 0 Å². The molecule has 0 atom stereocenters. The van der Waals surface area contributed by atoms with Gasteiger partial charge in [0.2, 0.25) is 5.78 Å². The number of rotatable bonds is 5. The largest absolute Gasteiger partial charge is 0.507 e. The SMILES string of the molecule is CCOC(=O)C1CCN(Cc2c(O)ccc3c2O/C(=C/c2ccc(Cl)c(Cl)c2)C3=O)CC1. The number of ketones is 1. The van der Waals surface area contributed by atoms with Crippen LogP contribution in [0.5, 0.6) is 11.5 Å². The Morgan fingerprint density at radius 2 is 1.97 bits per heavy atom. The van der Waals surface area contributed by atoms with Crippen molar-refractivity contribution >= 4 is 41.0 Å². The lowest BCUT2D eigenvalue weighted by Crippen LogP contribution is -2.36. The van der Waals surface area contributed by atoms with Gasteiger partial charge in [0, 0.05) is 6.54 Å². The third-order valence-electron chi connectivity index (χ3n) is 5.75. The van der Waals surface area contributed by atoms with E-state index in [1.54, 1.807) is 37.3 Å². The van der Waals surface area contributed by atoms with Crippen molar-refractivity contribution in [1.29, 1.82) is 0 Å². The fraction of sp³-hybridized carbons (Fsp3) is 0.333. The van der Waals surface area contributed by atoms with Gasteiger partial charge in [-0.15, -0.1) is 0 Å². The molecule has 0 aromatic heterocycles. The van der Waals surface area contributed by atoms with E-state index in [0.29, 0.717) is 71.6 Å². The number of phenols is 1. The van der Waals surface area contributed by atoms with Crippen LogP contribution in [0.25, 0.3) is 6.08 Å². The number of nitrogens with zero attached hydrogens (tertiary/aromatic N) is 1. The predicted molar refractivity (Wildman–Crippen MR) is 122 cm³/mol. The molecule has 0 radical (unpaired) electrons. The minimum Gasteiger partial charge on any atom is -0.507 e. The Morgan fingerprint density at radius 1 is 1.22 bits per heavy atom. The van der Waals surface area contributed by atoms with Gasteiger partial charge in [-0.25, -0.2) is 0 Å². The first-order valence-corrected chi connectivity index (χ1v) is 11.3. The van der Waals surface area contributed by atoms with Crippen LogP contribution in [0.2, 0.25) is 10.0 Å². The van der Waals surface area contributed by atoms with Crippen molar-refractivity contribution in [3.8, 4) is 11.5 Å². The van der Waals surface area contributed by atoms with Crippen LogP contribution in [0.15, 0.2) is 36.1 Å². The molecule has 0 amide bonds. The highest BCUT2D eigenvalue weighted by Crippen LogP contribution is 2.40. The molecule has 32 heavy (non-hydrogen) atoms. The number of halogens is 2. The lowest BCUT2D eigenvalue weighted by molar-refractivity contribution is -0.149. The average Bonchev–Trinajstić information content (AvgIpc) is 3.09. The molecule has 2 aliphatic rings. The van der Waals surface area contributed by atoms with Crippen molar-refractivity contribution in [2.45, 2.75) is 26.3 Å². The van der Waals surface area contributed by atoms with Gasteiger partial charge in [-0.2, -0.15) is 0 Å². The summed E-state index contributed by atoms with van der Waals surface area (Å²) in [5.74, 6) is 0.0924. The molecule has 0 spiro atoms. The second-order valence-corrected chi connectivity index (χ2v) is 8.67. The van der Waals surface area contributed by atoms with E-state index in [1.165, 1.54) is 6.07 Å². The van der Waals surface area contributed by atoms with Gasteiger partial charge in [-0.1, -0.05) is 29.3 Å². The number of esters is 1. The molecule has 2 aromatic rings. The van der Waals surface area contributed by atoms with Crippen molar-refractivity contribution in [1.82, 2.24) is 4.90 Å². The number of allylic oxidation sites excluding steroid dienone is 1. The third-order valence-corrected chi connectivity index (χ3v) is 6.49. The van der Waals surface area contributed by atoms with Crippen molar-refractivity contribution in [3.05, 3.63) is 62.8 Å². The quantitative estimate of drug-likeness (QED) is 0.479. The third kappa shape index (κ3) is 4.63. The van der Waals surface area contributed by atoms with E-state index in [2.05, 4.69) is 4.90 Å².